The van der Waals surface area contributed by atoms with Crippen molar-refractivity contribution in [2.45, 2.75) is 20.4 Å². The van der Waals surface area contributed by atoms with Crippen molar-refractivity contribution in [2.24, 2.45) is 0 Å². The van der Waals surface area contributed by atoms with Crippen molar-refractivity contribution in [3.63, 3.8) is 0 Å². The van der Waals surface area contributed by atoms with Gasteiger partial charge in [0.05, 0.1) is 5.69 Å². The second-order valence-electron chi connectivity index (χ2n) is 5.87. The fraction of sp³-hybridized carbons (Fsp3) is 0.250. The third kappa shape index (κ3) is 4.53. The van der Waals surface area contributed by atoms with Gasteiger partial charge in [-0.25, -0.2) is 4.98 Å². The van der Waals surface area contributed by atoms with E-state index in [1.807, 2.05) is 47.8 Å². The van der Waals surface area contributed by atoms with Crippen molar-refractivity contribution >= 4 is 22.4 Å². The molecule has 0 atom stereocenters. The van der Waals surface area contributed by atoms with Gasteiger partial charge in [0.25, 0.3) is 5.91 Å². The quantitative estimate of drug-likeness (QED) is 0.677. The summed E-state index contributed by atoms with van der Waals surface area (Å²) in [6.45, 7) is 7.23. The van der Waals surface area contributed by atoms with Gasteiger partial charge in [0.15, 0.2) is 5.13 Å². The number of amides is 1. The maximum atomic E-state index is 12.4. The number of hydrogen-bond donors (Lipinski definition) is 1. The summed E-state index contributed by atoms with van der Waals surface area (Å²) in [6, 6.07) is 13.4. The molecule has 0 fully saturated rings. The molecule has 6 heteroatoms. The van der Waals surface area contributed by atoms with Crippen LogP contribution in [-0.4, -0.2) is 33.9 Å². The van der Waals surface area contributed by atoms with E-state index >= 15 is 0 Å². The van der Waals surface area contributed by atoms with Crippen LogP contribution in [0.5, 0.6) is 0 Å². The van der Waals surface area contributed by atoms with Crippen LogP contribution in [0.1, 0.15) is 29.8 Å². The van der Waals surface area contributed by atoms with Gasteiger partial charge in [-0.15, -0.1) is 11.3 Å². The van der Waals surface area contributed by atoms with Crippen LogP contribution in [-0.2, 0) is 6.54 Å². The molecule has 2 aromatic heterocycles. The van der Waals surface area contributed by atoms with Crippen molar-refractivity contribution in [2.75, 3.05) is 18.4 Å². The van der Waals surface area contributed by atoms with Gasteiger partial charge in [0, 0.05) is 23.7 Å². The highest BCUT2D eigenvalue weighted by Crippen LogP contribution is 2.23. The molecule has 0 saturated heterocycles. The molecule has 0 radical (unpaired) electrons. The van der Waals surface area contributed by atoms with Crippen LogP contribution < -0.4 is 5.32 Å². The van der Waals surface area contributed by atoms with Gasteiger partial charge < -0.3 is 0 Å². The molecule has 0 bridgehead atoms. The third-order valence-electron chi connectivity index (χ3n) is 4.17. The molecule has 1 aromatic carbocycles. The Morgan fingerprint density at radius 3 is 2.50 bits per heavy atom. The molecule has 0 aliphatic carbocycles. The maximum Gasteiger partial charge on any atom is 0.257 e. The minimum absolute atomic E-state index is 0.152. The van der Waals surface area contributed by atoms with Gasteiger partial charge in [0.1, 0.15) is 5.69 Å². The van der Waals surface area contributed by atoms with Crippen molar-refractivity contribution in [1.82, 2.24) is 14.9 Å². The fourth-order valence-corrected chi connectivity index (χ4v) is 3.30. The van der Waals surface area contributed by atoms with Crippen LogP contribution in [0.3, 0.4) is 0 Å². The van der Waals surface area contributed by atoms with Crippen LogP contribution in [0.4, 0.5) is 5.13 Å². The lowest BCUT2D eigenvalue weighted by Crippen LogP contribution is -2.22. The van der Waals surface area contributed by atoms with Crippen molar-refractivity contribution < 1.29 is 4.79 Å². The first-order chi connectivity index (χ1) is 12.7. The molecule has 0 saturated carbocycles. The number of thiazole rings is 1. The van der Waals surface area contributed by atoms with Crippen LogP contribution in [0, 0.1) is 0 Å². The molecule has 3 aromatic rings. The molecule has 3 rings (SSSR count). The van der Waals surface area contributed by atoms with Crippen molar-refractivity contribution in [3.8, 4) is 11.4 Å². The second-order valence-corrected chi connectivity index (χ2v) is 6.72. The highest BCUT2D eigenvalue weighted by Gasteiger charge is 2.11. The number of carbonyl (C=O) groups is 1. The summed E-state index contributed by atoms with van der Waals surface area (Å²) in [5, 5.41) is 5.33. The first-order valence-corrected chi connectivity index (χ1v) is 9.57. The zero-order valence-corrected chi connectivity index (χ0v) is 15.8. The first kappa shape index (κ1) is 18.2. The average Bonchev–Trinajstić information content (AvgIpc) is 3.15. The SMILES string of the molecule is CCN(CC)Cc1ccc(C(=O)Nc2nc(-c3ccccn3)cs2)cc1. The van der Waals surface area contributed by atoms with E-state index < -0.39 is 0 Å². The zero-order chi connectivity index (χ0) is 18.4. The summed E-state index contributed by atoms with van der Waals surface area (Å²) < 4.78 is 0. The monoisotopic (exact) mass is 366 g/mol. The van der Waals surface area contributed by atoms with Crippen molar-refractivity contribution in [1.29, 1.82) is 0 Å². The Balaban J connectivity index is 1.64. The number of benzene rings is 1. The Morgan fingerprint density at radius 1 is 1.08 bits per heavy atom. The fourth-order valence-electron chi connectivity index (χ4n) is 2.60. The lowest BCUT2D eigenvalue weighted by atomic mass is 10.1. The molecule has 0 unspecified atom stereocenters. The standard InChI is InChI=1S/C20H22N4OS/c1-3-24(4-2)13-15-8-10-16(11-9-15)19(25)23-20-22-18(14-26-20)17-7-5-6-12-21-17/h5-12,14H,3-4,13H2,1-2H3,(H,22,23,25). The minimum atomic E-state index is -0.152. The molecular weight excluding hydrogens is 344 g/mol. The molecule has 26 heavy (non-hydrogen) atoms. The molecule has 1 amide bonds. The number of anilines is 1. The largest absolute Gasteiger partial charge is 0.300 e. The molecule has 0 spiro atoms. The normalized spacial score (nSPS) is 10.9. The van der Waals surface area contributed by atoms with E-state index in [-0.39, 0.29) is 5.91 Å². The molecule has 2 heterocycles. The topological polar surface area (TPSA) is 58.1 Å². The van der Waals surface area contributed by atoms with Gasteiger partial charge in [-0.3, -0.25) is 20.0 Å². The molecular formula is C20H22N4OS. The molecule has 134 valence electrons. The van der Waals surface area contributed by atoms with E-state index in [1.165, 1.54) is 16.9 Å². The Bertz CT molecular complexity index is 842. The van der Waals surface area contributed by atoms with Crippen LogP contribution in [0.25, 0.3) is 11.4 Å². The summed E-state index contributed by atoms with van der Waals surface area (Å²) >= 11 is 1.40. The maximum absolute atomic E-state index is 12.4. The highest BCUT2D eigenvalue weighted by atomic mass is 32.1. The van der Waals surface area contributed by atoms with Crippen LogP contribution in [0.15, 0.2) is 54.0 Å². The number of nitrogens with one attached hydrogen (secondary N) is 1. The molecule has 5 nitrogen and oxygen atoms in total. The average molecular weight is 366 g/mol. The third-order valence-corrected chi connectivity index (χ3v) is 4.93. The van der Waals surface area contributed by atoms with Gasteiger partial charge in [-0.05, 0) is 42.9 Å². The van der Waals surface area contributed by atoms with Gasteiger partial charge in [0.2, 0.25) is 0 Å². The predicted octanol–water partition coefficient (Wildman–Crippen LogP) is 4.30. The summed E-state index contributed by atoms with van der Waals surface area (Å²) in [7, 11) is 0. The van der Waals surface area contributed by atoms with E-state index in [0.29, 0.717) is 10.7 Å². The summed E-state index contributed by atoms with van der Waals surface area (Å²) in [4.78, 5) is 23.5. The summed E-state index contributed by atoms with van der Waals surface area (Å²) in [6.07, 6.45) is 1.73. The minimum Gasteiger partial charge on any atom is -0.300 e. The number of pyridine rings is 1. The van der Waals surface area contributed by atoms with E-state index in [0.717, 1.165) is 31.0 Å². The van der Waals surface area contributed by atoms with Gasteiger partial charge >= 0.3 is 0 Å². The van der Waals surface area contributed by atoms with E-state index in [1.54, 1.807) is 6.20 Å². The Hall–Kier alpha value is -2.57. The van der Waals surface area contributed by atoms with E-state index in [9.17, 15) is 4.79 Å². The smallest absolute Gasteiger partial charge is 0.257 e. The summed E-state index contributed by atoms with van der Waals surface area (Å²) in [5.41, 5.74) is 3.39. The lowest BCUT2D eigenvalue weighted by Gasteiger charge is -2.17. The second kappa shape index (κ2) is 8.69. The molecule has 0 aliphatic heterocycles. The number of nitrogens with zero attached hydrogens (tertiary/aromatic N) is 3. The van der Waals surface area contributed by atoms with Crippen LogP contribution in [0.2, 0.25) is 0 Å². The van der Waals surface area contributed by atoms with Crippen LogP contribution >= 0.6 is 11.3 Å². The van der Waals surface area contributed by atoms with Crippen molar-refractivity contribution in [3.05, 3.63) is 65.2 Å². The Kier molecular flexibility index (Phi) is 6.09. The number of aromatic nitrogens is 2. The van der Waals surface area contributed by atoms with Gasteiger partial charge in [-0.1, -0.05) is 32.0 Å². The molecule has 0 aliphatic rings. The number of rotatable bonds is 7. The first-order valence-electron chi connectivity index (χ1n) is 8.69. The lowest BCUT2D eigenvalue weighted by molar-refractivity contribution is 0.102. The molecule has 1 N–H and O–H groups in total. The van der Waals surface area contributed by atoms with E-state index in [4.69, 9.17) is 0 Å². The summed E-state index contributed by atoms with van der Waals surface area (Å²) in [5.74, 6) is -0.152. The Labute approximate surface area is 157 Å². The predicted molar refractivity (Wildman–Crippen MR) is 106 cm³/mol. The number of carbonyl (C=O) groups excluding carboxylic acids is 1. The van der Waals surface area contributed by atoms with Gasteiger partial charge in [-0.2, -0.15) is 0 Å². The Morgan fingerprint density at radius 2 is 1.85 bits per heavy atom. The van der Waals surface area contributed by atoms with E-state index in [2.05, 4.69) is 34.0 Å². The zero-order valence-electron chi connectivity index (χ0n) is 15.0. The highest BCUT2D eigenvalue weighted by molar-refractivity contribution is 7.14. The number of hydrogen-bond acceptors (Lipinski definition) is 5.